The van der Waals surface area contributed by atoms with Crippen LogP contribution < -0.4 is 5.32 Å². The van der Waals surface area contributed by atoms with Crippen molar-refractivity contribution in [2.45, 2.75) is 24.9 Å². The van der Waals surface area contributed by atoms with Gasteiger partial charge in [-0.25, -0.2) is 0 Å². The Morgan fingerprint density at radius 2 is 2.28 bits per heavy atom. The van der Waals surface area contributed by atoms with E-state index in [-0.39, 0.29) is 11.9 Å². The lowest BCUT2D eigenvalue weighted by Crippen LogP contribution is -2.50. The maximum atomic E-state index is 11.9. The Labute approximate surface area is 105 Å². The minimum Gasteiger partial charge on any atom is -0.378 e. The van der Waals surface area contributed by atoms with Gasteiger partial charge in [0.25, 0.3) is 5.91 Å². The molecule has 2 aliphatic rings. The minimum absolute atomic E-state index is 0.0484. The van der Waals surface area contributed by atoms with E-state index in [0.29, 0.717) is 24.9 Å². The number of hydrogen-bond donors (Lipinski definition) is 2. The summed E-state index contributed by atoms with van der Waals surface area (Å²) in [6, 6.07) is 0.343. The highest BCUT2D eigenvalue weighted by Gasteiger charge is 2.35. The molecule has 0 radical (unpaired) electrons. The molecule has 98 valence electrons. The molecule has 2 N–H and O–H groups in total. The first kappa shape index (κ1) is 11.6. The van der Waals surface area contributed by atoms with Crippen molar-refractivity contribution < 1.29 is 9.53 Å². The normalized spacial score (nSPS) is 28.7. The van der Waals surface area contributed by atoms with Crippen LogP contribution in [-0.2, 0) is 4.74 Å². The van der Waals surface area contributed by atoms with Gasteiger partial charge in [0.1, 0.15) is 0 Å². The second kappa shape index (κ2) is 5.03. The topological polar surface area (TPSA) is 83.1 Å². The van der Waals surface area contributed by atoms with E-state index in [4.69, 9.17) is 4.74 Å². The number of likely N-dealkylation sites (tertiary alicyclic amines) is 1. The van der Waals surface area contributed by atoms with Crippen molar-refractivity contribution in [1.29, 1.82) is 0 Å². The van der Waals surface area contributed by atoms with Gasteiger partial charge >= 0.3 is 0 Å². The molecule has 1 aromatic heterocycles. The van der Waals surface area contributed by atoms with E-state index in [0.717, 1.165) is 13.1 Å². The molecule has 2 saturated heterocycles. The summed E-state index contributed by atoms with van der Waals surface area (Å²) in [6.07, 6.45) is 3.90. The molecule has 2 atom stereocenters. The van der Waals surface area contributed by atoms with E-state index in [1.165, 1.54) is 19.0 Å². The zero-order valence-electron chi connectivity index (χ0n) is 10.1. The highest BCUT2D eigenvalue weighted by atomic mass is 16.5. The monoisotopic (exact) mass is 251 g/mol. The molecule has 0 aromatic carbocycles. The molecule has 0 spiro atoms. The first-order chi connectivity index (χ1) is 8.84. The smallest absolute Gasteiger partial charge is 0.273 e. The average molecular weight is 251 g/mol. The van der Waals surface area contributed by atoms with Crippen molar-refractivity contribution in [3.63, 3.8) is 0 Å². The van der Waals surface area contributed by atoms with Crippen LogP contribution in [0.15, 0.2) is 6.20 Å². The summed E-state index contributed by atoms with van der Waals surface area (Å²) in [4.78, 5) is 14.3. The van der Waals surface area contributed by atoms with Gasteiger partial charge in [-0.15, -0.1) is 0 Å². The summed E-state index contributed by atoms with van der Waals surface area (Å²) in [5.41, 5.74) is 0.321. The first-order valence-corrected chi connectivity index (χ1v) is 6.33. The van der Waals surface area contributed by atoms with Gasteiger partial charge in [0.05, 0.1) is 31.5 Å². The van der Waals surface area contributed by atoms with E-state index < -0.39 is 0 Å². The van der Waals surface area contributed by atoms with Gasteiger partial charge in [0.2, 0.25) is 0 Å². The molecule has 0 saturated carbocycles. The van der Waals surface area contributed by atoms with Crippen LogP contribution in [0.5, 0.6) is 0 Å². The van der Waals surface area contributed by atoms with Crippen LogP contribution in [0, 0.1) is 0 Å². The van der Waals surface area contributed by atoms with Crippen LogP contribution in [0.1, 0.15) is 23.3 Å². The van der Waals surface area contributed by atoms with Gasteiger partial charge in [-0.05, 0) is 25.9 Å². The minimum atomic E-state index is -0.191. The Balaban J connectivity index is 1.62. The van der Waals surface area contributed by atoms with Gasteiger partial charge in [-0.3, -0.25) is 9.69 Å². The van der Waals surface area contributed by atoms with Crippen LogP contribution in [0.25, 0.3) is 0 Å². The number of hydrogen-bond acceptors (Lipinski definition) is 5. The van der Waals surface area contributed by atoms with Crippen LogP contribution in [0.3, 0.4) is 0 Å². The molecule has 0 aliphatic carbocycles. The Morgan fingerprint density at radius 1 is 1.44 bits per heavy atom. The molecule has 0 bridgehead atoms. The Hall–Kier alpha value is -1.47. The van der Waals surface area contributed by atoms with Crippen molar-refractivity contribution in [3.8, 4) is 0 Å². The maximum Gasteiger partial charge on any atom is 0.273 e. The third-order valence-corrected chi connectivity index (χ3v) is 3.62. The molecule has 2 fully saturated rings. The summed E-state index contributed by atoms with van der Waals surface area (Å²) >= 11 is 0. The highest BCUT2D eigenvalue weighted by Crippen LogP contribution is 2.19. The standard InChI is InChI=1S/C11H17N5O2/c17-11(8-5-12-15-14-8)13-9-6-18-7-10(9)16-3-1-2-4-16/h5,9-10H,1-4,6-7H2,(H,13,17)(H,12,14,15)/t9-,10-/m0/s1. The predicted molar refractivity (Wildman–Crippen MR) is 63.1 cm³/mol. The van der Waals surface area contributed by atoms with E-state index in [1.807, 2.05) is 0 Å². The van der Waals surface area contributed by atoms with E-state index in [9.17, 15) is 4.79 Å². The number of carbonyl (C=O) groups is 1. The molecule has 7 heteroatoms. The van der Waals surface area contributed by atoms with Crippen LogP contribution in [0.2, 0.25) is 0 Å². The lowest BCUT2D eigenvalue weighted by Gasteiger charge is -2.27. The third kappa shape index (κ3) is 2.23. The Morgan fingerprint density at radius 3 is 3.00 bits per heavy atom. The lowest BCUT2D eigenvalue weighted by molar-refractivity contribution is 0.0911. The number of amides is 1. The van der Waals surface area contributed by atoms with Crippen LogP contribution in [-0.4, -0.2) is 64.6 Å². The fourth-order valence-corrected chi connectivity index (χ4v) is 2.67. The Bertz CT molecular complexity index is 402. The number of carbonyl (C=O) groups excluding carboxylic acids is 1. The molecule has 0 unspecified atom stereocenters. The van der Waals surface area contributed by atoms with Gasteiger partial charge < -0.3 is 10.1 Å². The van der Waals surface area contributed by atoms with Gasteiger partial charge in [-0.1, -0.05) is 0 Å². The molecule has 3 heterocycles. The second-order valence-corrected chi connectivity index (χ2v) is 4.78. The summed E-state index contributed by atoms with van der Waals surface area (Å²) in [5, 5.41) is 12.8. The van der Waals surface area contributed by atoms with Gasteiger partial charge in [-0.2, -0.15) is 15.4 Å². The van der Waals surface area contributed by atoms with Crippen LogP contribution >= 0.6 is 0 Å². The molecule has 1 aromatic rings. The fraction of sp³-hybridized carbons (Fsp3) is 0.727. The average Bonchev–Trinajstić information content (AvgIpc) is 3.11. The summed E-state index contributed by atoms with van der Waals surface area (Å²) < 4.78 is 5.50. The summed E-state index contributed by atoms with van der Waals surface area (Å²) in [5.74, 6) is -0.191. The van der Waals surface area contributed by atoms with E-state index in [1.54, 1.807) is 0 Å². The molecule has 3 rings (SSSR count). The zero-order valence-corrected chi connectivity index (χ0v) is 10.1. The largest absolute Gasteiger partial charge is 0.378 e. The van der Waals surface area contributed by atoms with Gasteiger partial charge in [0, 0.05) is 0 Å². The quantitative estimate of drug-likeness (QED) is 0.749. The number of ether oxygens (including phenoxy) is 1. The molecular weight excluding hydrogens is 234 g/mol. The summed E-state index contributed by atoms with van der Waals surface area (Å²) in [7, 11) is 0. The van der Waals surface area contributed by atoms with Gasteiger partial charge in [0.15, 0.2) is 5.69 Å². The number of rotatable bonds is 3. The molecule has 2 aliphatic heterocycles. The van der Waals surface area contributed by atoms with Crippen molar-refractivity contribution in [2.24, 2.45) is 0 Å². The SMILES string of the molecule is O=C(N[C@H]1COC[C@@H]1N1CCCC1)c1cn[nH]n1. The van der Waals surface area contributed by atoms with Crippen molar-refractivity contribution in [2.75, 3.05) is 26.3 Å². The Kier molecular flexibility index (Phi) is 3.24. The van der Waals surface area contributed by atoms with E-state index >= 15 is 0 Å². The maximum absolute atomic E-state index is 11.9. The molecule has 18 heavy (non-hydrogen) atoms. The summed E-state index contributed by atoms with van der Waals surface area (Å²) in [6.45, 7) is 3.48. The number of aromatic amines is 1. The third-order valence-electron chi connectivity index (χ3n) is 3.62. The van der Waals surface area contributed by atoms with E-state index in [2.05, 4.69) is 25.6 Å². The molecule has 1 amide bonds. The predicted octanol–water partition coefficient (Wildman–Crippen LogP) is -0.602. The zero-order chi connectivity index (χ0) is 12.4. The number of aromatic nitrogens is 3. The molecular formula is C11H17N5O2. The fourth-order valence-electron chi connectivity index (χ4n) is 2.67. The number of nitrogens with one attached hydrogen (secondary N) is 2. The van der Waals surface area contributed by atoms with Crippen molar-refractivity contribution >= 4 is 5.91 Å². The van der Waals surface area contributed by atoms with Crippen molar-refractivity contribution in [1.82, 2.24) is 25.6 Å². The van der Waals surface area contributed by atoms with Crippen LogP contribution in [0.4, 0.5) is 0 Å². The molecule has 7 nitrogen and oxygen atoms in total. The lowest BCUT2D eigenvalue weighted by atomic mass is 10.1. The second-order valence-electron chi connectivity index (χ2n) is 4.78. The number of nitrogens with zero attached hydrogens (tertiary/aromatic N) is 3. The highest BCUT2D eigenvalue weighted by molar-refractivity contribution is 5.92. The number of H-pyrrole nitrogens is 1. The van der Waals surface area contributed by atoms with Crippen molar-refractivity contribution in [3.05, 3.63) is 11.9 Å². The first-order valence-electron chi connectivity index (χ1n) is 6.33.